The van der Waals surface area contributed by atoms with Gasteiger partial charge in [0.2, 0.25) is 0 Å². The van der Waals surface area contributed by atoms with Crippen molar-refractivity contribution in [2.75, 3.05) is 13.1 Å². The zero-order chi connectivity index (χ0) is 14.0. The monoisotopic (exact) mass is 286 g/mol. The third-order valence-corrected chi connectivity index (χ3v) is 5.63. The van der Waals surface area contributed by atoms with Crippen molar-refractivity contribution < 1.29 is 8.42 Å². The molecular weight excluding hydrogens is 264 g/mol. The molecule has 0 amide bonds. The molecule has 1 aliphatic heterocycles. The Hall–Kier alpha value is -0.920. The largest absolute Gasteiger partial charge is 0.328 e. The van der Waals surface area contributed by atoms with Crippen molar-refractivity contribution in [1.29, 1.82) is 0 Å². The van der Waals surface area contributed by atoms with Crippen molar-refractivity contribution in [2.24, 2.45) is 11.7 Å². The normalized spacial score (nSPS) is 23.4. The Morgan fingerprint density at radius 2 is 2.32 bits per heavy atom. The van der Waals surface area contributed by atoms with Crippen LogP contribution in [0, 0.1) is 5.92 Å². The Morgan fingerprint density at radius 3 is 2.95 bits per heavy atom. The third kappa shape index (κ3) is 2.82. The third-order valence-electron chi connectivity index (χ3n) is 3.75. The number of hydrogen-bond donors (Lipinski definition) is 1. The van der Waals surface area contributed by atoms with Gasteiger partial charge in [-0.05, 0) is 38.7 Å². The van der Waals surface area contributed by atoms with E-state index in [9.17, 15) is 8.42 Å². The number of piperidine rings is 1. The summed E-state index contributed by atoms with van der Waals surface area (Å²) in [5, 5.41) is 4.31. The van der Waals surface area contributed by atoms with Crippen molar-refractivity contribution in [3.63, 3.8) is 0 Å². The molecule has 1 aromatic rings. The molecule has 2 heterocycles. The molecule has 0 radical (unpaired) electrons. The molecule has 6 nitrogen and oxygen atoms in total. The van der Waals surface area contributed by atoms with Gasteiger partial charge >= 0.3 is 0 Å². The second-order valence-electron chi connectivity index (χ2n) is 5.11. The Balaban J connectivity index is 2.25. The molecule has 0 bridgehead atoms. The second-order valence-corrected chi connectivity index (χ2v) is 6.99. The van der Waals surface area contributed by atoms with E-state index >= 15 is 0 Å². The van der Waals surface area contributed by atoms with Crippen LogP contribution in [0.3, 0.4) is 0 Å². The minimum Gasteiger partial charge on any atom is -0.328 e. The molecule has 1 aromatic heterocycles. The lowest BCUT2D eigenvalue weighted by Crippen LogP contribution is -2.45. The Morgan fingerprint density at radius 1 is 1.58 bits per heavy atom. The van der Waals surface area contributed by atoms with Crippen LogP contribution in [0.5, 0.6) is 0 Å². The number of aromatic nitrogens is 2. The van der Waals surface area contributed by atoms with Gasteiger partial charge in [-0.2, -0.15) is 9.40 Å². The summed E-state index contributed by atoms with van der Waals surface area (Å²) < 4.78 is 28.3. The summed E-state index contributed by atoms with van der Waals surface area (Å²) in [7, 11) is -3.45. The summed E-state index contributed by atoms with van der Waals surface area (Å²) in [5.41, 5.74) is 5.91. The predicted molar refractivity (Wildman–Crippen MR) is 73.0 cm³/mol. The molecule has 0 saturated carbocycles. The van der Waals surface area contributed by atoms with Crippen LogP contribution in [-0.4, -0.2) is 41.6 Å². The van der Waals surface area contributed by atoms with Gasteiger partial charge in [0.25, 0.3) is 10.0 Å². The molecule has 1 aliphatic rings. The van der Waals surface area contributed by atoms with Crippen LogP contribution in [0.15, 0.2) is 17.3 Å². The quantitative estimate of drug-likeness (QED) is 0.881. The standard InChI is InChI=1S/C12H22N4O2S/c1-3-16-12(6-7-14-16)19(17,18)15-8-4-5-11(9-15)10(2)13/h6-7,10-11H,3-5,8-9,13H2,1-2H3. The first-order valence-electron chi connectivity index (χ1n) is 6.74. The lowest BCUT2D eigenvalue weighted by atomic mass is 9.93. The number of nitrogens with two attached hydrogens (primary N) is 1. The first-order valence-corrected chi connectivity index (χ1v) is 8.18. The van der Waals surface area contributed by atoms with E-state index in [1.807, 2.05) is 13.8 Å². The zero-order valence-corrected chi connectivity index (χ0v) is 12.3. The van der Waals surface area contributed by atoms with Gasteiger partial charge in [-0.3, -0.25) is 4.68 Å². The van der Waals surface area contributed by atoms with Gasteiger partial charge in [-0.15, -0.1) is 0 Å². The second kappa shape index (κ2) is 5.60. The van der Waals surface area contributed by atoms with Crippen molar-refractivity contribution >= 4 is 10.0 Å². The van der Waals surface area contributed by atoms with Crippen molar-refractivity contribution in [1.82, 2.24) is 14.1 Å². The average molecular weight is 286 g/mol. The Labute approximate surface area is 114 Å². The lowest BCUT2D eigenvalue weighted by Gasteiger charge is -2.33. The van der Waals surface area contributed by atoms with Crippen LogP contribution in [0.4, 0.5) is 0 Å². The lowest BCUT2D eigenvalue weighted by molar-refractivity contribution is 0.242. The van der Waals surface area contributed by atoms with E-state index in [0.29, 0.717) is 19.6 Å². The highest BCUT2D eigenvalue weighted by molar-refractivity contribution is 7.89. The summed E-state index contributed by atoms with van der Waals surface area (Å²) in [4.78, 5) is 0. The molecule has 7 heteroatoms. The predicted octanol–water partition coefficient (Wildman–Crippen LogP) is 0.651. The van der Waals surface area contributed by atoms with Gasteiger partial charge in [0.15, 0.2) is 5.03 Å². The number of hydrogen-bond acceptors (Lipinski definition) is 4. The molecule has 2 atom stereocenters. The van der Waals surface area contributed by atoms with Gasteiger partial charge < -0.3 is 5.73 Å². The van der Waals surface area contributed by atoms with Crippen LogP contribution < -0.4 is 5.73 Å². The van der Waals surface area contributed by atoms with Crippen LogP contribution >= 0.6 is 0 Å². The molecule has 19 heavy (non-hydrogen) atoms. The van der Waals surface area contributed by atoms with E-state index < -0.39 is 10.0 Å². The van der Waals surface area contributed by atoms with Crippen molar-refractivity contribution in [3.05, 3.63) is 12.3 Å². The number of rotatable bonds is 4. The van der Waals surface area contributed by atoms with Crippen LogP contribution in [0.2, 0.25) is 0 Å². The molecule has 1 saturated heterocycles. The fourth-order valence-corrected chi connectivity index (χ4v) is 4.23. The van der Waals surface area contributed by atoms with E-state index in [4.69, 9.17) is 5.73 Å². The molecule has 1 fully saturated rings. The van der Waals surface area contributed by atoms with E-state index in [-0.39, 0.29) is 17.0 Å². The minimum absolute atomic E-state index is 0.0223. The zero-order valence-electron chi connectivity index (χ0n) is 11.5. The van der Waals surface area contributed by atoms with E-state index in [2.05, 4.69) is 5.10 Å². The molecule has 0 aliphatic carbocycles. The van der Waals surface area contributed by atoms with Crippen molar-refractivity contribution in [2.45, 2.75) is 44.3 Å². The maximum absolute atomic E-state index is 12.6. The first-order chi connectivity index (χ1) is 8.96. The van der Waals surface area contributed by atoms with Crippen molar-refractivity contribution in [3.8, 4) is 0 Å². The SMILES string of the molecule is CCn1nccc1S(=O)(=O)N1CCCC(C(C)N)C1. The molecule has 0 spiro atoms. The highest BCUT2D eigenvalue weighted by Crippen LogP contribution is 2.24. The number of aryl methyl sites for hydroxylation is 1. The van der Waals surface area contributed by atoms with Crippen LogP contribution in [0.1, 0.15) is 26.7 Å². The van der Waals surface area contributed by atoms with Gasteiger partial charge in [0.05, 0.1) is 6.20 Å². The Kier molecular flexibility index (Phi) is 4.27. The molecule has 108 valence electrons. The van der Waals surface area contributed by atoms with Crippen LogP contribution in [-0.2, 0) is 16.6 Å². The number of nitrogens with zero attached hydrogens (tertiary/aromatic N) is 3. The Bertz CT molecular complexity index is 524. The maximum Gasteiger partial charge on any atom is 0.260 e. The summed E-state index contributed by atoms with van der Waals surface area (Å²) in [6.07, 6.45) is 3.39. The van der Waals surface area contributed by atoms with E-state index in [1.54, 1.807) is 10.4 Å². The van der Waals surface area contributed by atoms with Gasteiger partial charge in [-0.1, -0.05) is 0 Å². The molecule has 2 rings (SSSR count). The fraction of sp³-hybridized carbons (Fsp3) is 0.750. The summed E-state index contributed by atoms with van der Waals surface area (Å²) in [6.45, 7) is 5.45. The molecular formula is C12H22N4O2S. The number of sulfonamides is 1. The summed E-state index contributed by atoms with van der Waals surface area (Å²) in [5.74, 6) is 0.238. The van der Waals surface area contributed by atoms with Gasteiger partial charge in [-0.25, -0.2) is 8.42 Å². The molecule has 2 N–H and O–H groups in total. The first kappa shape index (κ1) is 14.5. The smallest absolute Gasteiger partial charge is 0.260 e. The highest BCUT2D eigenvalue weighted by Gasteiger charge is 2.33. The van der Waals surface area contributed by atoms with E-state index in [0.717, 1.165) is 12.8 Å². The summed E-state index contributed by atoms with van der Waals surface area (Å²) in [6, 6.07) is 1.59. The maximum atomic E-state index is 12.6. The highest BCUT2D eigenvalue weighted by atomic mass is 32.2. The minimum atomic E-state index is -3.45. The van der Waals surface area contributed by atoms with Crippen LogP contribution in [0.25, 0.3) is 0 Å². The van der Waals surface area contributed by atoms with E-state index in [1.165, 1.54) is 10.9 Å². The molecule has 0 aromatic carbocycles. The summed E-state index contributed by atoms with van der Waals surface area (Å²) >= 11 is 0. The average Bonchev–Trinajstić information content (AvgIpc) is 2.88. The van der Waals surface area contributed by atoms with Gasteiger partial charge in [0, 0.05) is 25.7 Å². The van der Waals surface area contributed by atoms with Gasteiger partial charge in [0.1, 0.15) is 0 Å². The topological polar surface area (TPSA) is 81.2 Å². The fourth-order valence-electron chi connectivity index (χ4n) is 2.53. The molecule has 2 unspecified atom stereocenters.